The second-order valence-electron chi connectivity index (χ2n) is 6.45. The van der Waals surface area contributed by atoms with Gasteiger partial charge in [-0.15, -0.1) is 0 Å². The highest BCUT2D eigenvalue weighted by Crippen LogP contribution is 2.23. The zero-order chi connectivity index (χ0) is 20.3. The number of piperazine rings is 1. The molecule has 3 N–H and O–H groups in total. The molecule has 0 saturated carbocycles. The van der Waals surface area contributed by atoms with Crippen LogP contribution in [-0.2, 0) is 10.0 Å². The molecule has 1 aromatic carbocycles. The number of hydrogen-bond acceptors (Lipinski definition) is 7. The lowest BCUT2D eigenvalue weighted by Gasteiger charge is -2.35. The van der Waals surface area contributed by atoms with Gasteiger partial charge in [-0.3, -0.25) is 0 Å². The van der Waals surface area contributed by atoms with Gasteiger partial charge >= 0.3 is 0 Å². The first-order valence-corrected chi connectivity index (χ1v) is 10.6. The normalized spacial score (nSPS) is 15.1. The van der Waals surface area contributed by atoms with E-state index in [1.165, 1.54) is 4.31 Å². The number of hydrogen-bond donors (Lipinski definition) is 2. The summed E-state index contributed by atoms with van der Waals surface area (Å²) in [5.41, 5.74) is 7.81. The Morgan fingerprint density at radius 3 is 2.54 bits per heavy atom. The lowest BCUT2D eigenvalue weighted by Crippen LogP contribution is -2.49. The Labute approximate surface area is 165 Å². The number of sulfonamides is 1. The van der Waals surface area contributed by atoms with Crippen LogP contribution in [0.1, 0.15) is 23.7 Å². The molecule has 2 aromatic rings. The lowest BCUT2D eigenvalue weighted by atomic mass is 10.1. The van der Waals surface area contributed by atoms with Crippen molar-refractivity contribution in [1.29, 1.82) is 0 Å². The Morgan fingerprint density at radius 2 is 1.89 bits per heavy atom. The van der Waals surface area contributed by atoms with Gasteiger partial charge in [-0.1, -0.05) is 17.9 Å². The van der Waals surface area contributed by atoms with E-state index in [1.807, 2.05) is 11.8 Å². The predicted molar refractivity (Wildman–Crippen MR) is 109 cm³/mol. The summed E-state index contributed by atoms with van der Waals surface area (Å²) in [5.74, 6) is 7.10. The van der Waals surface area contributed by atoms with Gasteiger partial charge in [-0.25, -0.2) is 13.4 Å². The standard InChI is InChI=1S/C19H23N5O3S/c1-3-28(26,27)24-11-9-23(10-12-24)18-17(14(2)21-19(20)22-18)8-7-15-5-4-6-16(25)13-15/h4-6,13,25H,3,9-12H2,1-2H3,(H2,20,21,22). The van der Waals surface area contributed by atoms with E-state index in [-0.39, 0.29) is 17.5 Å². The summed E-state index contributed by atoms with van der Waals surface area (Å²) >= 11 is 0. The van der Waals surface area contributed by atoms with E-state index >= 15 is 0 Å². The van der Waals surface area contributed by atoms with Crippen molar-refractivity contribution in [2.24, 2.45) is 0 Å². The van der Waals surface area contributed by atoms with Crippen molar-refractivity contribution in [3.8, 4) is 17.6 Å². The van der Waals surface area contributed by atoms with E-state index in [2.05, 4.69) is 21.8 Å². The molecule has 1 aliphatic heterocycles. The van der Waals surface area contributed by atoms with E-state index < -0.39 is 10.0 Å². The fraction of sp³-hybridized carbons (Fsp3) is 0.368. The third kappa shape index (κ3) is 4.35. The number of aromatic nitrogens is 2. The highest BCUT2D eigenvalue weighted by Gasteiger charge is 2.27. The van der Waals surface area contributed by atoms with Crippen LogP contribution in [0.15, 0.2) is 24.3 Å². The van der Waals surface area contributed by atoms with Crippen molar-refractivity contribution < 1.29 is 13.5 Å². The first-order chi connectivity index (χ1) is 13.3. The fourth-order valence-corrected chi connectivity index (χ4v) is 4.12. The third-order valence-electron chi connectivity index (χ3n) is 4.56. The van der Waals surface area contributed by atoms with Crippen molar-refractivity contribution >= 4 is 21.8 Å². The van der Waals surface area contributed by atoms with Gasteiger partial charge in [-0.05, 0) is 32.0 Å². The molecule has 9 heteroatoms. The van der Waals surface area contributed by atoms with E-state index in [9.17, 15) is 13.5 Å². The minimum atomic E-state index is -3.21. The van der Waals surface area contributed by atoms with Crippen LogP contribution in [-0.4, -0.2) is 59.7 Å². The SMILES string of the molecule is CCS(=O)(=O)N1CCN(c2nc(N)nc(C)c2C#Cc2cccc(O)c2)CC1. The summed E-state index contributed by atoms with van der Waals surface area (Å²) in [4.78, 5) is 10.6. The summed E-state index contributed by atoms with van der Waals surface area (Å²) in [6.45, 7) is 5.22. The van der Waals surface area contributed by atoms with Crippen LogP contribution >= 0.6 is 0 Å². The first kappa shape index (κ1) is 19.9. The van der Waals surface area contributed by atoms with Gasteiger partial charge in [0.05, 0.1) is 17.0 Å². The molecule has 3 rings (SSSR count). The maximum absolute atomic E-state index is 12.1. The Hall–Kier alpha value is -2.83. The number of nitrogens with zero attached hydrogens (tertiary/aromatic N) is 4. The molecule has 0 aliphatic carbocycles. The van der Waals surface area contributed by atoms with E-state index in [0.717, 1.165) is 0 Å². The number of nitrogen functional groups attached to an aromatic ring is 1. The summed E-state index contributed by atoms with van der Waals surface area (Å²) in [6.07, 6.45) is 0. The van der Waals surface area contributed by atoms with Gasteiger partial charge in [0.1, 0.15) is 11.6 Å². The molecule has 148 valence electrons. The zero-order valence-corrected chi connectivity index (χ0v) is 16.7. The number of anilines is 2. The molecule has 0 amide bonds. The smallest absolute Gasteiger partial charge is 0.222 e. The molecule has 1 saturated heterocycles. The van der Waals surface area contributed by atoms with Crippen LogP contribution in [0.5, 0.6) is 5.75 Å². The molecule has 0 spiro atoms. The molecule has 1 fully saturated rings. The summed E-state index contributed by atoms with van der Waals surface area (Å²) in [5, 5.41) is 9.60. The summed E-state index contributed by atoms with van der Waals surface area (Å²) in [6, 6.07) is 6.68. The number of rotatable bonds is 3. The molecule has 0 unspecified atom stereocenters. The van der Waals surface area contributed by atoms with Crippen LogP contribution in [0.2, 0.25) is 0 Å². The second kappa shape index (κ2) is 8.04. The average molecular weight is 401 g/mol. The first-order valence-electron chi connectivity index (χ1n) is 8.98. The minimum absolute atomic E-state index is 0.0905. The van der Waals surface area contributed by atoms with Gasteiger partial charge < -0.3 is 15.7 Å². The van der Waals surface area contributed by atoms with Crippen LogP contribution in [0.25, 0.3) is 0 Å². The van der Waals surface area contributed by atoms with Gasteiger partial charge in [0.2, 0.25) is 16.0 Å². The molecular weight excluding hydrogens is 378 g/mol. The van der Waals surface area contributed by atoms with E-state index in [1.54, 1.807) is 31.2 Å². The van der Waals surface area contributed by atoms with Gasteiger partial charge in [0, 0.05) is 31.7 Å². The highest BCUT2D eigenvalue weighted by molar-refractivity contribution is 7.89. The highest BCUT2D eigenvalue weighted by atomic mass is 32.2. The largest absolute Gasteiger partial charge is 0.508 e. The van der Waals surface area contributed by atoms with Crippen LogP contribution in [0, 0.1) is 18.8 Å². The summed E-state index contributed by atoms with van der Waals surface area (Å²) < 4.78 is 25.7. The molecular formula is C19H23N5O3S. The number of benzene rings is 1. The zero-order valence-electron chi connectivity index (χ0n) is 15.9. The fourth-order valence-electron chi connectivity index (χ4n) is 3.03. The van der Waals surface area contributed by atoms with Crippen LogP contribution in [0.3, 0.4) is 0 Å². The van der Waals surface area contributed by atoms with Crippen molar-refractivity contribution in [2.75, 3.05) is 42.6 Å². The molecule has 0 atom stereocenters. The molecule has 8 nitrogen and oxygen atoms in total. The lowest BCUT2D eigenvalue weighted by molar-refractivity contribution is 0.384. The Bertz CT molecular complexity index is 1040. The number of phenolic OH excluding ortho intramolecular Hbond substituents is 1. The van der Waals surface area contributed by atoms with Crippen molar-refractivity contribution in [3.63, 3.8) is 0 Å². The predicted octanol–water partition coefficient (Wildman–Crippen LogP) is 0.944. The summed E-state index contributed by atoms with van der Waals surface area (Å²) in [7, 11) is -3.21. The van der Waals surface area contributed by atoms with Crippen LogP contribution < -0.4 is 10.6 Å². The molecule has 28 heavy (non-hydrogen) atoms. The van der Waals surface area contributed by atoms with Crippen molar-refractivity contribution in [3.05, 3.63) is 41.1 Å². The maximum Gasteiger partial charge on any atom is 0.222 e. The molecule has 0 radical (unpaired) electrons. The number of aryl methyl sites for hydroxylation is 1. The Morgan fingerprint density at radius 1 is 1.18 bits per heavy atom. The quantitative estimate of drug-likeness (QED) is 0.736. The maximum atomic E-state index is 12.1. The number of phenols is 1. The monoisotopic (exact) mass is 401 g/mol. The minimum Gasteiger partial charge on any atom is -0.508 e. The topological polar surface area (TPSA) is 113 Å². The average Bonchev–Trinajstić information content (AvgIpc) is 2.67. The Kier molecular flexibility index (Phi) is 5.72. The molecule has 1 aliphatic rings. The van der Waals surface area contributed by atoms with E-state index in [0.29, 0.717) is 48.8 Å². The van der Waals surface area contributed by atoms with E-state index in [4.69, 9.17) is 5.73 Å². The van der Waals surface area contributed by atoms with Gasteiger partial charge in [0.25, 0.3) is 0 Å². The van der Waals surface area contributed by atoms with Gasteiger partial charge in [0.15, 0.2) is 0 Å². The van der Waals surface area contributed by atoms with Crippen molar-refractivity contribution in [1.82, 2.24) is 14.3 Å². The second-order valence-corrected chi connectivity index (χ2v) is 8.71. The third-order valence-corrected chi connectivity index (χ3v) is 6.44. The number of aromatic hydroxyl groups is 1. The van der Waals surface area contributed by atoms with Crippen LogP contribution in [0.4, 0.5) is 11.8 Å². The Balaban J connectivity index is 1.90. The van der Waals surface area contributed by atoms with Crippen molar-refractivity contribution in [2.45, 2.75) is 13.8 Å². The molecule has 1 aromatic heterocycles. The van der Waals surface area contributed by atoms with Gasteiger partial charge in [-0.2, -0.15) is 9.29 Å². The molecule has 2 heterocycles. The molecule has 0 bridgehead atoms. The number of nitrogens with two attached hydrogens (primary N) is 1.